The van der Waals surface area contributed by atoms with Crippen LogP contribution in [0.15, 0.2) is 30.3 Å². The third kappa shape index (κ3) is 3.03. The van der Waals surface area contributed by atoms with Crippen molar-refractivity contribution in [3.05, 3.63) is 30.3 Å². The molecule has 1 aliphatic heterocycles. The fourth-order valence-corrected chi connectivity index (χ4v) is 2.83. The number of nitrogens with zero attached hydrogens (tertiary/aromatic N) is 3. The van der Waals surface area contributed by atoms with Gasteiger partial charge in [0.1, 0.15) is 5.82 Å². The molecule has 3 rings (SSSR count). The van der Waals surface area contributed by atoms with E-state index in [1.807, 2.05) is 6.07 Å². The molecule has 2 aromatic rings. The van der Waals surface area contributed by atoms with E-state index in [1.165, 1.54) is 5.69 Å². The number of hydrogen-bond donors (Lipinski definition) is 2. The van der Waals surface area contributed by atoms with Crippen LogP contribution in [0, 0.1) is 0 Å². The van der Waals surface area contributed by atoms with Crippen molar-refractivity contribution in [2.75, 3.05) is 36.8 Å². The minimum absolute atomic E-state index is 0.527. The number of anilines is 2. The molecule has 5 nitrogen and oxygen atoms in total. The number of aromatic amines is 1. The number of nitrogens with one attached hydrogen (secondary N) is 1. The number of hydrogen-bond acceptors (Lipinski definition) is 4. The van der Waals surface area contributed by atoms with Crippen LogP contribution in [0.4, 0.5) is 11.5 Å². The molecule has 0 spiro atoms. The second-order valence-corrected chi connectivity index (χ2v) is 5.87. The van der Waals surface area contributed by atoms with Crippen LogP contribution in [-0.2, 0) is 0 Å². The van der Waals surface area contributed by atoms with E-state index in [2.05, 4.69) is 58.1 Å². The Kier molecular flexibility index (Phi) is 3.84. The molecule has 112 valence electrons. The zero-order valence-corrected chi connectivity index (χ0v) is 12.7. The lowest BCUT2D eigenvalue weighted by molar-refractivity contribution is 0.209. The maximum Gasteiger partial charge on any atom is 0.145 e. The Morgan fingerprint density at radius 1 is 1.10 bits per heavy atom. The molecule has 1 aromatic heterocycles. The van der Waals surface area contributed by atoms with E-state index in [0.29, 0.717) is 11.9 Å². The van der Waals surface area contributed by atoms with Gasteiger partial charge in [-0.3, -0.25) is 10.00 Å². The van der Waals surface area contributed by atoms with E-state index in [1.54, 1.807) is 0 Å². The van der Waals surface area contributed by atoms with Crippen LogP contribution in [0.5, 0.6) is 0 Å². The molecule has 0 amide bonds. The summed E-state index contributed by atoms with van der Waals surface area (Å²) in [6.07, 6.45) is 0. The second-order valence-electron chi connectivity index (χ2n) is 5.87. The molecule has 1 aliphatic rings. The Balaban J connectivity index is 1.68. The SMILES string of the molecule is CC(C)N1CCN(c2ccc(-c3cc(N)n[nH]3)cc2)CC1. The van der Waals surface area contributed by atoms with Gasteiger partial charge in [0.05, 0.1) is 5.69 Å². The highest BCUT2D eigenvalue weighted by atomic mass is 15.3. The summed E-state index contributed by atoms with van der Waals surface area (Å²) in [4.78, 5) is 4.97. The molecule has 2 heterocycles. The predicted octanol–water partition coefficient (Wildman–Crippen LogP) is 2.19. The number of nitrogens with two attached hydrogens (primary N) is 1. The summed E-state index contributed by atoms with van der Waals surface area (Å²) in [5.74, 6) is 0.527. The number of H-pyrrole nitrogens is 1. The minimum Gasteiger partial charge on any atom is -0.382 e. The highest BCUT2D eigenvalue weighted by Crippen LogP contribution is 2.23. The topological polar surface area (TPSA) is 61.2 Å². The predicted molar refractivity (Wildman–Crippen MR) is 87.4 cm³/mol. The maximum atomic E-state index is 5.64. The summed E-state index contributed by atoms with van der Waals surface area (Å²) in [7, 11) is 0. The number of rotatable bonds is 3. The van der Waals surface area contributed by atoms with Crippen LogP contribution in [0.3, 0.4) is 0 Å². The number of nitrogen functional groups attached to an aromatic ring is 1. The van der Waals surface area contributed by atoms with E-state index in [-0.39, 0.29) is 0 Å². The first-order valence-corrected chi connectivity index (χ1v) is 7.54. The first-order chi connectivity index (χ1) is 10.1. The Morgan fingerprint density at radius 3 is 2.29 bits per heavy atom. The van der Waals surface area contributed by atoms with Crippen LogP contribution in [0.25, 0.3) is 11.3 Å². The van der Waals surface area contributed by atoms with Gasteiger partial charge in [-0.05, 0) is 31.5 Å². The zero-order chi connectivity index (χ0) is 14.8. The lowest BCUT2D eigenvalue weighted by Crippen LogP contribution is -2.48. The lowest BCUT2D eigenvalue weighted by Gasteiger charge is -2.38. The molecule has 3 N–H and O–H groups in total. The normalized spacial score (nSPS) is 16.6. The summed E-state index contributed by atoms with van der Waals surface area (Å²) in [6, 6.07) is 11.1. The molecular weight excluding hydrogens is 262 g/mol. The molecule has 0 unspecified atom stereocenters. The molecule has 1 saturated heterocycles. The van der Waals surface area contributed by atoms with Gasteiger partial charge >= 0.3 is 0 Å². The molecule has 21 heavy (non-hydrogen) atoms. The van der Waals surface area contributed by atoms with Crippen molar-refractivity contribution >= 4 is 11.5 Å². The molecule has 1 aromatic carbocycles. The summed E-state index contributed by atoms with van der Waals surface area (Å²) >= 11 is 0. The van der Waals surface area contributed by atoms with Crippen molar-refractivity contribution in [1.29, 1.82) is 0 Å². The summed E-state index contributed by atoms with van der Waals surface area (Å²) in [5.41, 5.74) is 9.01. The highest BCUT2D eigenvalue weighted by Gasteiger charge is 2.18. The van der Waals surface area contributed by atoms with Crippen molar-refractivity contribution in [2.24, 2.45) is 0 Å². The Labute approximate surface area is 125 Å². The maximum absolute atomic E-state index is 5.64. The van der Waals surface area contributed by atoms with E-state index < -0.39 is 0 Å². The van der Waals surface area contributed by atoms with Gasteiger partial charge in [0.15, 0.2) is 0 Å². The number of benzene rings is 1. The summed E-state index contributed by atoms with van der Waals surface area (Å²) < 4.78 is 0. The van der Waals surface area contributed by atoms with Crippen molar-refractivity contribution in [3.8, 4) is 11.3 Å². The van der Waals surface area contributed by atoms with Gasteiger partial charge in [-0.15, -0.1) is 0 Å². The Bertz CT molecular complexity index is 579. The van der Waals surface area contributed by atoms with Gasteiger partial charge < -0.3 is 10.6 Å². The smallest absolute Gasteiger partial charge is 0.145 e. The first kappa shape index (κ1) is 13.9. The average molecular weight is 285 g/mol. The molecular formula is C16H23N5. The number of piperazine rings is 1. The molecule has 5 heteroatoms. The molecule has 0 bridgehead atoms. The van der Waals surface area contributed by atoms with Gasteiger partial charge in [-0.25, -0.2) is 0 Å². The first-order valence-electron chi connectivity index (χ1n) is 7.54. The fraction of sp³-hybridized carbons (Fsp3) is 0.438. The van der Waals surface area contributed by atoms with Gasteiger partial charge in [-0.2, -0.15) is 5.10 Å². The quantitative estimate of drug-likeness (QED) is 0.907. The number of aromatic nitrogens is 2. The third-order valence-electron chi connectivity index (χ3n) is 4.19. The van der Waals surface area contributed by atoms with Gasteiger partial charge in [0, 0.05) is 44.0 Å². The van der Waals surface area contributed by atoms with E-state index in [4.69, 9.17) is 5.73 Å². The zero-order valence-electron chi connectivity index (χ0n) is 12.7. The van der Waals surface area contributed by atoms with Crippen LogP contribution in [-0.4, -0.2) is 47.3 Å². The minimum atomic E-state index is 0.527. The fourth-order valence-electron chi connectivity index (χ4n) is 2.83. The average Bonchev–Trinajstić information content (AvgIpc) is 2.94. The molecule has 1 fully saturated rings. The lowest BCUT2D eigenvalue weighted by atomic mass is 10.1. The van der Waals surface area contributed by atoms with E-state index in [9.17, 15) is 0 Å². The summed E-state index contributed by atoms with van der Waals surface area (Å²) in [5, 5.41) is 6.91. The van der Waals surface area contributed by atoms with Crippen molar-refractivity contribution in [1.82, 2.24) is 15.1 Å². The molecule has 0 radical (unpaired) electrons. The second kappa shape index (κ2) is 5.77. The molecule has 0 atom stereocenters. The monoisotopic (exact) mass is 285 g/mol. The largest absolute Gasteiger partial charge is 0.382 e. The van der Waals surface area contributed by atoms with Crippen molar-refractivity contribution in [3.63, 3.8) is 0 Å². The van der Waals surface area contributed by atoms with Gasteiger partial charge in [0.25, 0.3) is 0 Å². The van der Waals surface area contributed by atoms with Crippen LogP contribution in [0.2, 0.25) is 0 Å². The third-order valence-corrected chi connectivity index (χ3v) is 4.19. The highest BCUT2D eigenvalue weighted by molar-refractivity contribution is 5.65. The van der Waals surface area contributed by atoms with Gasteiger partial charge in [0.2, 0.25) is 0 Å². The van der Waals surface area contributed by atoms with E-state index >= 15 is 0 Å². The van der Waals surface area contributed by atoms with Crippen molar-refractivity contribution < 1.29 is 0 Å². The molecule has 0 aliphatic carbocycles. The van der Waals surface area contributed by atoms with Crippen LogP contribution < -0.4 is 10.6 Å². The van der Waals surface area contributed by atoms with Crippen LogP contribution >= 0.6 is 0 Å². The standard InChI is InChI=1S/C16H23N5/c1-12(2)20-7-9-21(10-8-20)14-5-3-13(4-6-14)15-11-16(17)19-18-15/h3-6,11-12H,7-10H2,1-2H3,(H3,17,18,19). The van der Waals surface area contributed by atoms with Crippen molar-refractivity contribution in [2.45, 2.75) is 19.9 Å². The Morgan fingerprint density at radius 2 is 1.76 bits per heavy atom. The summed E-state index contributed by atoms with van der Waals surface area (Å²) in [6.45, 7) is 8.98. The molecule has 0 saturated carbocycles. The van der Waals surface area contributed by atoms with Crippen LogP contribution in [0.1, 0.15) is 13.8 Å². The Hall–Kier alpha value is -2.01. The van der Waals surface area contributed by atoms with Gasteiger partial charge in [-0.1, -0.05) is 12.1 Å². The van der Waals surface area contributed by atoms with E-state index in [0.717, 1.165) is 37.4 Å².